The molecule has 0 bridgehead atoms. The lowest BCUT2D eigenvalue weighted by molar-refractivity contribution is -0.118. The van der Waals surface area contributed by atoms with Gasteiger partial charge in [0.15, 0.2) is 0 Å². The quantitative estimate of drug-likeness (QED) is 0.741. The molecule has 5 nitrogen and oxygen atoms in total. The minimum Gasteiger partial charge on any atom is -0.326 e. The number of carbonyl (C=O) groups is 2. The average molecular weight is 360 g/mol. The number of hydrogen-bond acceptors (Lipinski definition) is 3. The van der Waals surface area contributed by atoms with Crippen molar-refractivity contribution in [2.75, 3.05) is 10.6 Å². The lowest BCUT2D eigenvalue weighted by atomic mass is 10.1. The second-order valence-corrected chi connectivity index (χ2v) is 6.13. The molecular weight excluding hydrogens is 338 g/mol. The molecular formula is C19H22ClN3O2. The van der Waals surface area contributed by atoms with E-state index in [4.69, 9.17) is 5.73 Å². The molecule has 2 aromatic carbocycles. The first-order chi connectivity index (χ1) is 11.6. The Balaban J connectivity index is 0.00000225. The SMILES string of the molecule is Cl.N[C@@H](Cc1ccccc1)C(=O)Nc1ccc(NC(=O)C2CC2)cc1. The lowest BCUT2D eigenvalue weighted by Crippen LogP contribution is -2.37. The second kappa shape index (κ2) is 8.65. The predicted molar refractivity (Wildman–Crippen MR) is 102 cm³/mol. The highest BCUT2D eigenvalue weighted by Crippen LogP contribution is 2.30. The molecule has 0 spiro atoms. The summed E-state index contributed by atoms with van der Waals surface area (Å²) in [5.41, 5.74) is 8.39. The maximum atomic E-state index is 12.2. The first-order valence-corrected chi connectivity index (χ1v) is 8.13. The Labute approximate surface area is 153 Å². The molecule has 1 fully saturated rings. The van der Waals surface area contributed by atoms with Gasteiger partial charge in [-0.3, -0.25) is 9.59 Å². The Hall–Kier alpha value is -2.37. The molecule has 0 aromatic heterocycles. The van der Waals surface area contributed by atoms with Crippen molar-refractivity contribution in [2.24, 2.45) is 11.7 Å². The van der Waals surface area contributed by atoms with E-state index in [-0.39, 0.29) is 30.1 Å². The summed E-state index contributed by atoms with van der Waals surface area (Å²) in [4.78, 5) is 23.9. The monoisotopic (exact) mass is 359 g/mol. The van der Waals surface area contributed by atoms with E-state index in [1.807, 2.05) is 30.3 Å². The van der Waals surface area contributed by atoms with E-state index in [1.165, 1.54) is 0 Å². The molecule has 1 atom stereocenters. The minimum absolute atomic E-state index is 0. The molecule has 0 aliphatic heterocycles. The van der Waals surface area contributed by atoms with Gasteiger partial charge in [-0.2, -0.15) is 0 Å². The molecule has 6 heteroatoms. The molecule has 4 N–H and O–H groups in total. The van der Waals surface area contributed by atoms with Crippen LogP contribution in [0.2, 0.25) is 0 Å². The molecule has 3 rings (SSSR count). The van der Waals surface area contributed by atoms with Gasteiger partial charge < -0.3 is 16.4 Å². The minimum atomic E-state index is -0.610. The Kier molecular flexibility index (Phi) is 6.56. The number of nitrogens with one attached hydrogen (secondary N) is 2. The molecule has 25 heavy (non-hydrogen) atoms. The number of rotatable bonds is 6. The maximum absolute atomic E-state index is 12.2. The Morgan fingerprint density at radius 1 is 0.960 bits per heavy atom. The first kappa shape index (κ1) is 19.0. The van der Waals surface area contributed by atoms with E-state index in [1.54, 1.807) is 24.3 Å². The number of halogens is 1. The number of anilines is 2. The van der Waals surface area contributed by atoms with Gasteiger partial charge in [-0.25, -0.2) is 0 Å². The van der Waals surface area contributed by atoms with E-state index in [0.717, 1.165) is 24.1 Å². The molecule has 0 radical (unpaired) electrons. The van der Waals surface area contributed by atoms with Crippen LogP contribution >= 0.6 is 12.4 Å². The van der Waals surface area contributed by atoms with E-state index in [9.17, 15) is 9.59 Å². The van der Waals surface area contributed by atoms with Crippen molar-refractivity contribution >= 4 is 35.6 Å². The first-order valence-electron chi connectivity index (χ1n) is 8.13. The van der Waals surface area contributed by atoms with Crippen LogP contribution in [-0.2, 0) is 16.0 Å². The third-order valence-corrected chi connectivity index (χ3v) is 4.00. The summed E-state index contributed by atoms with van der Waals surface area (Å²) in [5, 5.41) is 5.66. The van der Waals surface area contributed by atoms with Crippen molar-refractivity contribution < 1.29 is 9.59 Å². The van der Waals surface area contributed by atoms with Crippen LogP contribution in [0.15, 0.2) is 54.6 Å². The topological polar surface area (TPSA) is 84.2 Å². The number of hydrogen-bond donors (Lipinski definition) is 3. The van der Waals surface area contributed by atoms with Gasteiger partial charge in [-0.05, 0) is 49.1 Å². The van der Waals surface area contributed by atoms with Crippen molar-refractivity contribution in [3.8, 4) is 0 Å². The van der Waals surface area contributed by atoms with Gasteiger partial charge in [0.2, 0.25) is 11.8 Å². The lowest BCUT2D eigenvalue weighted by Gasteiger charge is -2.13. The van der Waals surface area contributed by atoms with Gasteiger partial charge in [0, 0.05) is 17.3 Å². The zero-order chi connectivity index (χ0) is 16.9. The highest BCUT2D eigenvalue weighted by Gasteiger charge is 2.29. The molecule has 132 valence electrons. The number of amides is 2. The highest BCUT2D eigenvalue weighted by molar-refractivity contribution is 5.96. The van der Waals surface area contributed by atoms with Gasteiger partial charge in [-0.15, -0.1) is 12.4 Å². The van der Waals surface area contributed by atoms with Crippen molar-refractivity contribution in [3.63, 3.8) is 0 Å². The summed E-state index contributed by atoms with van der Waals surface area (Å²) >= 11 is 0. The van der Waals surface area contributed by atoms with Crippen molar-refractivity contribution in [2.45, 2.75) is 25.3 Å². The molecule has 1 saturated carbocycles. The van der Waals surface area contributed by atoms with Gasteiger partial charge in [0.05, 0.1) is 6.04 Å². The fourth-order valence-corrected chi connectivity index (χ4v) is 2.42. The van der Waals surface area contributed by atoms with Gasteiger partial charge in [-0.1, -0.05) is 30.3 Å². The van der Waals surface area contributed by atoms with E-state index in [2.05, 4.69) is 10.6 Å². The number of benzene rings is 2. The molecule has 2 aromatic rings. The summed E-state index contributed by atoms with van der Waals surface area (Å²) in [5.74, 6) is 0.00523. The summed E-state index contributed by atoms with van der Waals surface area (Å²) in [7, 11) is 0. The van der Waals surface area contributed by atoms with Gasteiger partial charge >= 0.3 is 0 Å². The van der Waals surface area contributed by atoms with Crippen LogP contribution in [0.25, 0.3) is 0 Å². The van der Waals surface area contributed by atoms with E-state index in [0.29, 0.717) is 12.1 Å². The summed E-state index contributed by atoms with van der Waals surface area (Å²) in [6, 6.07) is 16.1. The van der Waals surface area contributed by atoms with E-state index < -0.39 is 6.04 Å². The molecule has 0 heterocycles. The standard InChI is InChI=1S/C19H21N3O2.ClH/c20-17(12-13-4-2-1-3-5-13)19(24)22-16-10-8-15(9-11-16)21-18(23)14-6-7-14;/h1-5,8-11,14,17H,6-7,12,20H2,(H,21,23)(H,22,24);1H/t17-;/m0./s1. The van der Waals surface area contributed by atoms with Gasteiger partial charge in [0.25, 0.3) is 0 Å². The predicted octanol–water partition coefficient (Wildman–Crippen LogP) is 2.97. The fourth-order valence-electron chi connectivity index (χ4n) is 2.42. The van der Waals surface area contributed by atoms with Crippen molar-refractivity contribution in [1.29, 1.82) is 0 Å². The maximum Gasteiger partial charge on any atom is 0.241 e. The third kappa shape index (κ3) is 5.59. The third-order valence-electron chi connectivity index (χ3n) is 4.00. The van der Waals surface area contributed by atoms with Crippen LogP contribution in [0.5, 0.6) is 0 Å². The highest BCUT2D eigenvalue weighted by atomic mass is 35.5. The van der Waals surface area contributed by atoms with Crippen LogP contribution in [0.3, 0.4) is 0 Å². The summed E-state index contributed by atoms with van der Waals surface area (Å²) < 4.78 is 0. The van der Waals surface area contributed by atoms with Crippen LogP contribution in [0.4, 0.5) is 11.4 Å². The van der Waals surface area contributed by atoms with Gasteiger partial charge in [0.1, 0.15) is 0 Å². The Bertz CT molecular complexity index is 715. The second-order valence-electron chi connectivity index (χ2n) is 6.13. The van der Waals surface area contributed by atoms with Crippen LogP contribution in [-0.4, -0.2) is 17.9 Å². The summed E-state index contributed by atoms with van der Waals surface area (Å²) in [6.45, 7) is 0. The molecule has 2 amide bonds. The fraction of sp³-hybridized carbons (Fsp3) is 0.263. The van der Waals surface area contributed by atoms with E-state index >= 15 is 0 Å². The van der Waals surface area contributed by atoms with Crippen LogP contribution < -0.4 is 16.4 Å². The zero-order valence-electron chi connectivity index (χ0n) is 13.8. The Morgan fingerprint density at radius 2 is 1.52 bits per heavy atom. The van der Waals surface area contributed by atoms with Crippen LogP contribution in [0, 0.1) is 5.92 Å². The molecule has 1 aliphatic carbocycles. The number of carbonyl (C=O) groups excluding carboxylic acids is 2. The molecule has 0 saturated heterocycles. The van der Waals surface area contributed by atoms with Crippen molar-refractivity contribution in [3.05, 3.63) is 60.2 Å². The molecule has 0 unspecified atom stereocenters. The normalized spacial score (nSPS) is 14.1. The van der Waals surface area contributed by atoms with Crippen molar-refractivity contribution in [1.82, 2.24) is 0 Å². The Morgan fingerprint density at radius 3 is 2.08 bits per heavy atom. The number of nitrogens with two attached hydrogens (primary N) is 1. The largest absolute Gasteiger partial charge is 0.326 e. The average Bonchev–Trinajstić information content (AvgIpc) is 3.42. The zero-order valence-corrected chi connectivity index (χ0v) is 14.6. The molecule has 1 aliphatic rings. The van der Waals surface area contributed by atoms with Crippen LogP contribution in [0.1, 0.15) is 18.4 Å². The smallest absolute Gasteiger partial charge is 0.241 e. The summed E-state index contributed by atoms with van der Waals surface area (Å²) in [6.07, 6.45) is 2.43.